The molecular weight excluding hydrogens is 334 g/mol. The zero-order chi connectivity index (χ0) is 18.1. The number of allylic oxidation sites excluding steroid dienone is 6. The summed E-state index contributed by atoms with van der Waals surface area (Å²) in [6.07, 6.45) is 6.76. The van der Waals surface area contributed by atoms with Crippen LogP contribution in [0.2, 0.25) is 0 Å². The summed E-state index contributed by atoms with van der Waals surface area (Å²) in [4.78, 5) is 38.9. The van der Waals surface area contributed by atoms with Gasteiger partial charge >= 0.3 is 5.97 Å². The molecule has 0 aromatic heterocycles. The first-order valence-electron chi connectivity index (χ1n) is 9.04. The van der Waals surface area contributed by atoms with Crippen LogP contribution in [0, 0.1) is 0 Å². The van der Waals surface area contributed by atoms with Crippen molar-refractivity contribution in [3.8, 4) is 0 Å². The minimum atomic E-state index is -0.939. The maximum Gasteiger partial charge on any atom is 0.342 e. The zero-order valence-corrected chi connectivity index (χ0v) is 14.5. The van der Waals surface area contributed by atoms with Gasteiger partial charge in [-0.05, 0) is 32.6 Å². The Kier molecular flexibility index (Phi) is 3.19. The van der Waals surface area contributed by atoms with Gasteiger partial charge in [0.25, 0.3) is 0 Å². The van der Waals surface area contributed by atoms with Gasteiger partial charge in [-0.3, -0.25) is 9.59 Å². The molecule has 0 amide bonds. The van der Waals surface area contributed by atoms with Crippen molar-refractivity contribution in [1.29, 1.82) is 0 Å². The van der Waals surface area contributed by atoms with Gasteiger partial charge in [0.1, 0.15) is 6.10 Å². The van der Waals surface area contributed by atoms with Crippen molar-refractivity contribution in [2.75, 3.05) is 6.54 Å². The van der Waals surface area contributed by atoms with Crippen LogP contribution in [0.3, 0.4) is 0 Å². The average molecular weight is 353 g/mol. The zero-order valence-electron chi connectivity index (χ0n) is 14.5. The third-order valence-corrected chi connectivity index (χ3v) is 5.82. The molecule has 5 aliphatic rings. The third-order valence-electron chi connectivity index (χ3n) is 5.82. The molecule has 0 spiro atoms. The summed E-state index contributed by atoms with van der Waals surface area (Å²) < 4.78 is 11.3. The molecule has 0 radical (unpaired) electrons. The molecular formula is C20H19NO5. The van der Waals surface area contributed by atoms with Crippen LogP contribution >= 0.6 is 0 Å². The Morgan fingerprint density at radius 1 is 1.19 bits per heavy atom. The number of fused-ring (bicyclic) bond motifs is 1. The van der Waals surface area contributed by atoms with Crippen LogP contribution in [0.25, 0.3) is 0 Å². The van der Waals surface area contributed by atoms with E-state index in [1.165, 1.54) is 0 Å². The second-order valence-electron chi connectivity index (χ2n) is 7.48. The third kappa shape index (κ3) is 1.99. The molecule has 26 heavy (non-hydrogen) atoms. The first-order valence-corrected chi connectivity index (χ1v) is 9.04. The number of carbonyl (C=O) groups excluding carboxylic acids is 3. The minimum Gasteiger partial charge on any atom is -0.452 e. The Hall–Kier alpha value is -2.47. The van der Waals surface area contributed by atoms with E-state index in [1.54, 1.807) is 6.08 Å². The van der Waals surface area contributed by atoms with Crippen LogP contribution in [0.15, 0.2) is 46.2 Å². The molecule has 0 aromatic rings. The van der Waals surface area contributed by atoms with Crippen molar-refractivity contribution in [1.82, 2.24) is 5.32 Å². The molecule has 2 aliphatic carbocycles. The summed E-state index contributed by atoms with van der Waals surface area (Å²) >= 11 is 0. The van der Waals surface area contributed by atoms with Crippen LogP contribution in [0.1, 0.15) is 32.6 Å². The van der Waals surface area contributed by atoms with Crippen LogP contribution in [-0.4, -0.2) is 41.9 Å². The maximum absolute atomic E-state index is 13.3. The van der Waals surface area contributed by atoms with Gasteiger partial charge in [-0.15, -0.1) is 0 Å². The van der Waals surface area contributed by atoms with E-state index >= 15 is 0 Å². The molecule has 0 unspecified atom stereocenters. The monoisotopic (exact) mass is 353 g/mol. The van der Waals surface area contributed by atoms with Gasteiger partial charge < -0.3 is 14.8 Å². The van der Waals surface area contributed by atoms with Crippen LogP contribution in [0.4, 0.5) is 0 Å². The number of ether oxygens (including phenoxy) is 2. The number of epoxide rings is 1. The summed E-state index contributed by atoms with van der Waals surface area (Å²) in [5.74, 6) is -0.831. The molecule has 3 aliphatic heterocycles. The lowest BCUT2D eigenvalue weighted by molar-refractivity contribution is -0.152. The van der Waals surface area contributed by atoms with Crippen molar-refractivity contribution < 1.29 is 23.9 Å². The standard InChI is InChI=1S/C20H19NO5/c1-10-5-4-7-20-18(26-20)17(25-19(20)24)13-12(9-10)15(22)11-6-2-3-8-21-14(11)16(13)23/h2,5-6,17-18,21H,3-4,7-9H2,1H3/b10-5-/t17-,18-,20-/m1/s1. The molecule has 0 saturated carbocycles. The fourth-order valence-corrected chi connectivity index (χ4v) is 4.42. The van der Waals surface area contributed by atoms with E-state index in [1.807, 2.05) is 19.1 Å². The second kappa shape index (κ2) is 5.27. The number of nitrogens with one attached hydrogen (secondary N) is 1. The normalized spacial score (nSPS) is 37.7. The number of Topliss-reactive ketones (excluding diaryl/α,β-unsaturated/α-hetero) is 2. The Morgan fingerprint density at radius 2 is 2.04 bits per heavy atom. The van der Waals surface area contributed by atoms with Gasteiger partial charge in [-0.25, -0.2) is 4.79 Å². The first kappa shape index (κ1) is 15.8. The molecule has 3 heterocycles. The largest absolute Gasteiger partial charge is 0.452 e. The van der Waals surface area contributed by atoms with Crippen molar-refractivity contribution in [3.63, 3.8) is 0 Å². The van der Waals surface area contributed by atoms with Gasteiger partial charge in [-0.2, -0.15) is 0 Å². The van der Waals surface area contributed by atoms with E-state index in [0.29, 0.717) is 48.2 Å². The van der Waals surface area contributed by atoms with E-state index in [9.17, 15) is 14.4 Å². The van der Waals surface area contributed by atoms with E-state index in [2.05, 4.69) is 5.32 Å². The van der Waals surface area contributed by atoms with Crippen LogP contribution in [0.5, 0.6) is 0 Å². The molecule has 6 nitrogen and oxygen atoms in total. The van der Waals surface area contributed by atoms with Crippen LogP contribution < -0.4 is 5.32 Å². The number of rotatable bonds is 0. The fraction of sp³-hybridized carbons (Fsp3) is 0.450. The van der Waals surface area contributed by atoms with Gasteiger partial charge in [-0.1, -0.05) is 23.8 Å². The lowest BCUT2D eigenvalue weighted by Gasteiger charge is -2.26. The predicted octanol–water partition coefficient (Wildman–Crippen LogP) is 1.43. The number of carbonyl (C=O) groups is 3. The Balaban J connectivity index is 1.67. The average Bonchev–Trinajstić information content (AvgIpc) is 3.33. The summed E-state index contributed by atoms with van der Waals surface area (Å²) in [6, 6.07) is 0. The molecule has 2 saturated heterocycles. The molecule has 3 atom stereocenters. The van der Waals surface area contributed by atoms with E-state index < -0.39 is 23.8 Å². The van der Waals surface area contributed by atoms with Crippen molar-refractivity contribution in [2.24, 2.45) is 0 Å². The predicted molar refractivity (Wildman–Crippen MR) is 90.9 cm³/mol. The Bertz CT molecular complexity index is 890. The molecule has 2 fully saturated rings. The molecule has 2 bridgehead atoms. The molecule has 6 heteroatoms. The van der Waals surface area contributed by atoms with Crippen LogP contribution in [-0.2, 0) is 23.9 Å². The Morgan fingerprint density at radius 3 is 2.85 bits per heavy atom. The van der Waals surface area contributed by atoms with Crippen molar-refractivity contribution in [3.05, 3.63) is 46.2 Å². The lowest BCUT2D eigenvalue weighted by atomic mass is 9.79. The van der Waals surface area contributed by atoms with Crippen molar-refractivity contribution >= 4 is 17.5 Å². The highest BCUT2D eigenvalue weighted by Gasteiger charge is 2.73. The number of hydrogen-bond donors (Lipinski definition) is 1. The molecule has 5 rings (SSSR count). The molecule has 1 N–H and O–H groups in total. The Labute approximate surface area is 150 Å². The summed E-state index contributed by atoms with van der Waals surface area (Å²) in [7, 11) is 0. The summed E-state index contributed by atoms with van der Waals surface area (Å²) in [5, 5.41) is 3.08. The highest BCUT2D eigenvalue weighted by molar-refractivity contribution is 6.27. The van der Waals surface area contributed by atoms with Gasteiger partial charge in [0.2, 0.25) is 5.78 Å². The smallest absolute Gasteiger partial charge is 0.342 e. The van der Waals surface area contributed by atoms with E-state index in [-0.39, 0.29) is 11.6 Å². The summed E-state index contributed by atoms with van der Waals surface area (Å²) in [6.45, 7) is 2.53. The SMILES string of the molecule is C/C1=C/CC[C@@]23O[C@@H]2[C@H](OC3=O)C2=C(C1)C(=O)C1=C(NCCC=C1)C2=O. The number of ketones is 2. The van der Waals surface area contributed by atoms with E-state index in [4.69, 9.17) is 9.47 Å². The number of esters is 1. The quantitative estimate of drug-likeness (QED) is 0.307. The highest BCUT2D eigenvalue weighted by atomic mass is 16.7. The van der Waals surface area contributed by atoms with Crippen molar-refractivity contribution in [2.45, 2.75) is 50.4 Å². The topological polar surface area (TPSA) is 85.0 Å². The fourth-order valence-electron chi connectivity index (χ4n) is 4.42. The highest BCUT2D eigenvalue weighted by Crippen LogP contribution is 2.53. The maximum atomic E-state index is 13.3. The molecule has 134 valence electrons. The second-order valence-corrected chi connectivity index (χ2v) is 7.48. The number of hydrogen-bond acceptors (Lipinski definition) is 6. The van der Waals surface area contributed by atoms with Gasteiger partial charge in [0.15, 0.2) is 17.5 Å². The van der Waals surface area contributed by atoms with Gasteiger partial charge in [0.05, 0.1) is 11.3 Å². The minimum absolute atomic E-state index is 0.164. The molecule has 0 aromatic carbocycles. The summed E-state index contributed by atoms with van der Waals surface area (Å²) in [5.41, 5.74) is 1.52. The first-order chi connectivity index (χ1) is 12.5. The van der Waals surface area contributed by atoms with Gasteiger partial charge in [0, 0.05) is 17.7 Å². The lowest BCUT2D eigenvalue weighted by Crippen LogP contribution is -2.37. The van der Waals surface area contributed by atoms with E-state index in [0.717, 1.165) is 12.0 Å².